The van der Waals surface area contributed by atoms with E-state index >= 15 is 0 Å². The summed E-state index contributed by atoms with van der Waals surface area (Å²) in [5.74, 6) is -2.26. The van der Waals surface area contributed by atoms with Gasteiger partial charge < -0.3 is 19.9 Å². The number of anilines is 1. The summed E-state index contributed by atoms with van der Waals surface area (Å²) in [5.41, 5.74) is -1.59. The van der Waals surface area contributed by atoms with Crippen LogP contribution in [-0.2, 0) is 30.3 Å². The lowest BCUT2D eigenvalue weighted by molar-refractivity contribution is -0.139. The fourth-order valence-corrected chi connectivity index (χ4v) is 6.25. The molecule has 2 fully saturated rings. The third-order valence-electron chi connectivity index (χ3n) is 8.91. The van der Waals surface area contributed by atoms with Gasteiger partial charge in [0.2, 0.25) is 11.8 Å². The fraction of sp³-hybridized carbons (Fsp3) is 0.400. The maximum atomic E-state index is 13.6. The van der Waals surface area contributed by atoms with E-state index in [2.05, 4.69) is 10.6 Å². The first-order valence-electron chi connectivity index (χ1n) is 14.2. The predicted octanol–water partition coefficient (Wildman–Crippen LogP) is -5.81. The van der Waals surface area contributed by atoms with E-state index in [1.165, 1.54) is 42.5 Å². The van der Waals surface area contributed by atoms with Crippen molar-refractivity contribution in [3.05, 3.63) is 64.7 Å². The summed E-state index contributed by atoms with van der Waals surface area (Å²) in [4.78, 5) is 39.8. The Morgan fingerprint density at radius 3 is 1.79 bits per heavy atom. The van der Waals surface area contributed by atoms with E-state index in [4.69, 9.17) is 122 Å². The molecular formula is C25H13B15N4O4. The lowest BCUT2D eigenvalue weighted by Gasteiger charge is -2.74. The zero-order chi connectivity index (χ0) is 36.3. The highest BCUT2D eigenvalue weighted by atomic mass is 16.5. The SMILES string of the molecule is [B]C([B])(Nc1cccc2c1C([B])([B])N(C1([B])CCC(=O)NC1=O)C2=O)c1ccc(C([B])([B])N2C([B])([B])C([B])([B])OC([B])([B])C2([B])[B])cc1. The number of hydrogen-bond donors (Lipinski definition) is 2. The molecule has 30 radical (unpaired) electrons. The average molecular weight is 596 g/mol. The van der Waals surface area contributed by atoms with Gasteiger partial charge in [-0.25, -0.2) is 0 Å². The predicted molar refractivity (Wildman–Crippen MR) is 193 cm³/mol. The van der Waals surface area contributed by atoms with Gasteiger partial charge in [-0.3, -0.25) is 19.7 Å². The Bertz CT molecular complexity index is 1680. The van der Waals surface area contributed by atoms with Crippen LogP contribution in [0.3, 0.4) is 0 Å². The van der Waals surface area contributed by atoms with Crippen LogP contribution in [0.25, 0.3) is 0 Å². The van der Waals surface area contributed by atoms with Crippen molar-refractivity contribution < 1.29 is 19.1 Å². The molecule has 23 heteroatoms. The molecule has 3 aliphatic heterocycles. The van der Waals surface area contributed by atoms with Gasteiger partial charge in [-0.1, -0.05) is 30.3 Å². The van der Waals surface area contributed by atoms with Crippen molar-refractivity contribution in [2.24, 2.45) is 0 Å². The molecule has 202 valence electrons. The summed E-state index contributed by atoms with van der Waals surface area (Å²) < 4.78 is 5.22. The molecule has 5 rings (SSSR count). The second kappa shape index (κ2) is 11.1. The Morgan fingerprint density at radius 1 is 0.750 bits per heavy atom. The number of nitrogens with one attached hydrogen (secondary N) is 2. The van der Waals surface area contributed by atoms with Crippen molar-refractivity contribution in [3.63, 3.8) is 0 Å². The molecule has 3 aliphatic rings. The lowest BCUT2D eigenvalue weighted by atomic mass is 9.28. The molecule has 0 spiro atoms. The summed E-state index contributed by atoms with van der Waals surface area (Å²) in [6, 6.07) is 10.1. The standard InChI is InChI=1S/C25H13B15N4O4/c26-18(9-8-14(45)41-17(18)47)43-16(46)12-2-1-3-13(15(12)21(43,31)32)42-19(27,28)10-4-6-11(7-5-10)20(29,30)44-22(33,34)24(37,38)48-25(39,40)23(44,35)36/h1-7,42H,8-9H2,(H,41,45,47). The normalized spacial score (nSPS) is 25.9. The fourth-order valence-electron chi connectivity index (χ4n) is 6.25. The maximum Gasteiger partial charge on any atom is 0.253 e. The third-order valence-corrected chi connectivity index (χ3v) is 8.91. The van der Waals surface area contributed by atoms with E-state index in [-0.39, 0.29) is 40.8 Å². The van der Waals surface area contributed by atoms with Crippen LogP contribution in [0.2, 0.25) is 0 Å². The highest BCUT2D eigenvalue weighted by Gasteiger charge is 2.60. The molecule has 3 amide bonds. The van der Waals surface area contributed by atoms with Crippen molar-refractivity contribution in [3.8, 4) is 0 Å². The summed E-state index contributed by atoms with van der Waals surface area (Å²) in [6.07, 6.45) is -0.380. The number of ether oxygens (including phenoxy) is 1. The minimum Gasteiger partial charge on any atom is -0.406 e. The first-order chi connectivity index (χ1) is 21.7. The van der Waals surface area contributed by atoms with Crippen molar-refractivity contribution in [1.82, 2.24) is 15.1 Å². The van der Waals surface area contributed by atoms with Crippen LogP contribution in [0.15, 0.2) is 42.5 Å². The quantitative estimate of drug-likeness (QED) is 0.256. The molecule has 0 bridgehead atoms. The van der Waals surface area contributed by atoms with Crippen molar-refractivity contribution in [2.75, 3.05) is 5.32 Å². The number of rotatable bonds is 6. The Hall–Kier alpha value is -2.26. The summed E-state index contributed by atoms with van der Waals surface area (Å²) >= 11 is 0. The number of imide groups is 1. The Morgan fingerprint density at radius 2 is 1.27 bits per heavy atom. The van der Waals surface area contributed by atoms with E-state index in [0.717, 1.165) is 4.90 Å². The van der Waals surface area contributed by atoms with Gasteiger partial charge >= 0.3 is 0 Å². The molecule has 0 saturated carbocycles. The molecule has 1 atom stereocenters. The highest BCUT2D eigenvalue weighted by Crippen LogP contribution is 2.47. The van der Waals surface area contributed by atoms with Gasteiger partial charge in [0.1, 0.15) is 7.85 Å². The zero-order valence-electron chi connectivity index (χ0n) is 25.6. The minimum atomic E-state index is -2.47. The number of fused-ring (bicyclic) bond motifs is 1. The number of piperidine rings is 1. The largest absolute Gasteiger partial charge is 0.406 e. The van der Waals surface area contributed by atoms with E-state index in [1.54, 1.807) is 0 Å². The molecule has 3 heterocycles. The summed E-state index contributed by atoms with van der Waals surface area (Å²) in [7, 11) is 94.2. The molecule has 0 aliphatic carbocycles. The highest BCUT2D eigenvalue weighted by molar-refractivity contribution is 6.60. The minimum absolute atomic E-state index is 0.0121. The van der Waals surface area contributed by atoms with Gasteiger partial charge in [-0.05, 0) is 72.7 Å². The van der Waals surface area contributed by atoms with Crippen LogP contribution in [0.5, 0.6) is 0 Å². The van der Waals surface area contributed by atoms with Crippen molar-refractivity contribution >= 4 is 141 Å². The first kappa shape index (κ1) is 37.0. The van der Waals surface area contributed by atoms with Gasteiger partial charge in [0.15, 0.2) is 0 Å². The van der Waals surface area contributed by atoms with Crippen LogP contribution in [-0.4, -0.2) is 172 Å². The van der Waals surface area contributed by atoms with Gasteiger partial charge in [-0.15, -0.1) is 0 Å². The molecular weight excluding hydrogens is 582 g/mol. The second-order valence-corrected chi connectivity index (χ2v) is 12.6. The van der Waals surface area contributed by atoms with E-state index < -0.39 is 60.6 Å². The van der Waals surface area contributed by atoms with Crippen LogP contribution < -0.4 is 10.6 Å². The van der Waals surface area contributed by atoms with Crippen LogP contribution in [0.4, 0.5) is 5.69 Å². The number of amides is 3. The molecule has 2 N–H and O–H groups in total. The van der Waals surface area contributed by atoms with Gasteiger partial charge in [0.05, 0.1) is 115 Å². The molecule has 8 nitrogen and oxygen atoms in total. The average Bonchev–Trinajstić information content (AvgIpc) is 3.14. The Balaban J connectivity index is 1.48. The third kappa shape index (κ3) is 5.30. The van der Waals surface area contributed by atoms with Crippen molar-refractivity contribution in [2.45, 2.75) is 55.8 Å². The zero-order valence-corrected chi connectivity index (χ0v) is 25.6. The number of nitrogens with zero attached hydrogens (tertiary/aromatic N) is 2. The van der Waals surface area contributed by atoms with Crippen LogP contribution in [0, 0.1) is 0 Å². The number of carbonyl (C=O) groups excluding carboxylic acids is 3. The first-order valence-corrected chi connectivity index (χ1v) is 14.2. The number of benzene rings is 2. The monoisotopic (exact) mass is 598 g/mol. The van der Waals surface area contributed by atoms with Gasteiger partial charge in [0.25, 0.3) is 5.91 Å². The van der Waals surface area contributed by atoms with Crippen LogP contribution in [0.1, 0.15) is 39.9 Å². The maximum absolute atomic E-state index is 13.6. The second-order valence-electron chi connectivity index (χ2n) is 12.6. The van der Waals surface area contributed by atoms with Gasteiger partial charge in [0, 0.05) is 17.7 Å². The Kier molecular flexibility index (Phi) is 8.57. The number of hydrogen-bond acceptors (Lipinski definition) is 6. The molecule has 0 aromatic heterocycles. The Labute approximate surface area is 300 Å². The molecule has 48 heavy (non-hydrogen) atoms. The molecule has 2 aromatic carbocycles. The van der Waals surface area contributed by atoms with E-state index in [9.17, 15) is 14.4 Å². The van der Waals surface area contributed by atoms with Gasteiger partial charge in [-0.2, -0.15) is 0 Å². The number of morpholine rings is 1. The smallest absolute Gasteiger partial charge is 0.253 e. The molecule has 2 aromatic rings. The summed E-state index contributed by atoms with van der Waals surface area (Å²) in [6.45, 7) is 0. The van der Waals surface area contributed by atoms with E-state index in [1.807, 2.05) is 0 Å². The van der Waals surface area contributed by atoms with Crippen molar-refractivity contribution in [1.29, 1.82) is 0 Å². The summed E-state index contributed by atoms with van der Waals surface area (Å²) in [5, 5.41) is -11.1. The molecule has 1 unspecified atom stereocenters. The van der Waals surface area contributed by atoms with E-state index in [0.29, 0.717) is 4.90 Å². The van der Waals surface area contributed by atoms with Crippen LogP contribution >= 0.6 is 0 Å². The topological polar surface area (TPSA) is 91.0 Å². The number of carbonyl (C=O) groups is 3. The molecule has 2 saturated heterocycles. The lowest BCUT2D eigenvalue weighted by Crippen LogP contribution is -2.88.